The third-order valence-corrected chi connectivity index (χ3v) is 4.90. The molecule has 0 aliphatic rings. The quantitative estimate of drug-likeness (QED) is 0.408. The molecule has 0 aromatic heterocycles. The highest BCUT2D eigenvalue weighted by Gasteiger charge is 2.02. The average molecular weight is 347 g/mol. The molecule has 0 amide bonds. The molecule has 0 aliphatic heterocycles. The van der Waals surface area contributed by atoms with E-state index in [0.717, 1.165) is 17.7 Å². The van der Waals surface area contributed by atoms with Crippen molar-refractivity contribution in [3.8, 4) is 0 Å². The standard InChI is InChI=1S/C9H12S.C8H18O3S/c1-6-4-7(2)9(10)8(3)5-6;1-2-3-4-5-6-7-8-12(9,10)11/h4-5,10H,1-3H3;2-8H2,1H3,(H,9,10,11). The number of aryl methyl sites for hydroxylation is 3. The number of hydrogen-bond donors (Lipinski definition) is 2. The molecule has 1 N–H and O–H groups in total. The van der Waals surface area contributed by atoms with Gasteiger partial charge in [-0.3, -0.25) is 4.55 Å². The maximum absolute atomic E-state index is 10.3. The Balaban J connectivity index is 0.000000406. The van der Waals surface area contributed by atoms with Crippen molar-refractivity contribution in [1.29, 1.82) is 0 Å². The summed E-state index contributed by atoms with van der Waals surface area (Å²) in [5, 5.41) is 0. The largest absolute Gasteiger partial charge is 0.286 e. The van der Waals surface area contributed by atoms with E-state index in [2.05, 4.69) is 52.5 Å². The molecule has 0 fully saturated rings. The van der Waals surface area contributed by atoms with Gasteiger partial charge in [-0.25, -0.2) is 0 Å². The highest BCUT2D eigenvalue weighted by atomic mass is 32.2. The molecule has 0 unspecified atom stereocenters. The van der Waals surface area contributed by atoms with E-state index >= 15 is 0 Å². The number of hydrogen-bond acceptors (Lipinski definition) is 3. The first kappa shape index (κ1) is 21.5. The summed E-state index contributed by atoms with van der Waals surface area (Å²) in [6.45, 7) is 8.41. The van der Waals surface area contributed by atoms with Crippen LogP contribution < -0.4 is 0 Å². The molecule has 0 bridgehead atoms. The fraction of sp³-hybridized carbons (Fsp3) is 0.647. The second-order valence-electron chi connectivity index (χ2n) is 5.80. The first-order chi connectivity index (χ1) is 10.2. The Morgan fingerprint density at radius 1 is 0.955 bits per heavy atom. The van der Waals surface area contributed by atoms with E-state index in [1.165, 1.54) is 36.0 Å². The number of benzene rings is 1. The molecule has 1 rings (SSSR count). The van der Waals surface area contributed by atoms with Crippen molar-refractivity contribution in [3.63, 3.8) is 0 Å². The molecular formula is C17H30O3S2. The third-order valence-electron chi connectivity index (χ3n) is 3.39. The van der Waals surface area contributed by atoms with Gasteiger partial charge in [0.2, 0.25) is 0 Å². The maximum Gasteiger partial charge on any atom is 0.264 e. The summed E-state index contributed by atoms with van der Waals surface area (Å²) in [4.78, 5) is 1.12. The molecule has 0 spiro atoms. The van der Waals surface area contributed by atoms with Crippen LogP contribution >= 0.6 is 12.6 Å². The van der Waals surface area contributed by atoms with Crippen LogP contribution in [0.3, 0.4) is 0 Å². The Kier molecular flexibility index (Phi) is 10.8. The summed E-state index contributed by atoms with van der Waals surface area (Å²) in [6.07, 6.45) is 6.14. The lowest BCUT2D eigenvalue weighted by Gasteiger charge is -2.03. The van der Waals surface area contributed by atoms with Crippen LogP contribution in [0.4, 0.5) is 0 Å². The molecule has 0 heterocycles. The van der Waals surface area contributed by atoms with Gasteiger partial charge in [0, 0.05) is 4.90 Å². The van der Waals surface area contributed by atoms with Crippen molar-refractivity contribution >= 4 is 22.7 Å². The van der Waals surface area contributed by atoms with E-state index in [-0.39, 0.29) is 5.75 Å². The van der Waals surface area contributed by atoms with Crippen LogP contribution in [0.5, 0.6) is 0 Å². The zero-order valence-electron chi connectivity index (χ0n) is 14.2. The van der Waals surface area contributed by atoms with Crippen LogP contribution in [0.15, 0.2) is 17.0 Å². The second-order valence-corrected chi connectivity index (χ2v) is 7.82. The van der Waals surface area contributed by atoms with Gasteiger partial charge in [-0.05, 0) is 38.3 Å². The van der Waals surface area contributed by atoms with Gasteiger partial charge in [-0.15, -0.1) is 12.6 Å². The van der Waals surface area contributed by atoms with Gasteiger partial charge in [0.15, 0.2) is 0 Å². The maximum atomic E-state index is 10.3. The summed E-state index contributed by atoms with van der Waals surface area (Å²) >= 11 is 4.36. The van der Waals surface area contributed by atoms with Gasteiger partial charge in [-0.2, -0.15) is 8.42 Å². The van der Waals surface area contributed by atoms with Gasteiger partial charge in [-0.1, -0.05) is 56.7 Å². The van der Waals surface area contributed by atoms with E-state index in [4.69, 9.17) is 4.55 Å². The van der Waals surface area contributed by atoms with Crippen LogP contribution in [0.25, 0.3) is 0 Å². The van der Waals surface area contributed by atoms with Crippen molar-refractivity contribution in [1.82, 2.24) is 0 Å². The Hall–Kier alpha value is -0.520. The van der Waals surface area contributed by atoms with Crippen LogP contribution in [-0.2, 0) is 10.1 Å². The molecule has 3 nitrogen and oxygen atoms in total. The summed E-state index contributed by atoms with van der Waals surface area (Å²) in [5.74, 6) is -0.0842. The summed E-state index contributed by atoms with van der Waals surface area (Å²) < 4.78 is 28.9. The van der Waals surface area contributed by atoms with Gasteiger partial charge in [0.25, 0.3) is 10.1 Å². The molecule has 0 atom stereocenters. The van der Waals surface area contributed by atoms with Gasteiger partial charge in [0.1, 0.15) is 0 Å². The molecular weight excluding hydrogens is 316 g/mol. The van der Waals surface area contributed by atoms with E-state index in [9.17, 15) is 8.42 Å². The monoisotopic (exact) mass is 346 g/mol. The van der Waals surface area contributed by atoms with Crippen molar-refractivity contribution in [2.45, 2.75) is 71.1 Å². The van der Waals surface area contributed by atoms with Crippen LogP contribution in [-0.4, -0.2) is 18.7 Å². The van der Waals surface area contributed by atoms with E-state index < -0.39 is 10.1 Å². The number of unbranched alkanes of at least 4 members (excludes halogenated alkanes) is 5. The molecule has 128 valence electrons. The van der Waals surface area contributed by atoms with E-state index in [1.807, 2.05) is 0 Å². The Labute approximate surface area is 141 Å². The smallest absolute Gasteiger partial charge is 0.264 e. The van der Waals surface area contributed by atoms with Crippen molar-refractivity contribution in [2.75, 3.05) is 5.75 Å². The predicted molar refractivity (Wildman–Crippen MR) is 97.7 cm³/mol. The second kappa shape index (κ2) is 11.1. The number of thiol groups is 1. The van der Waals surface area contributed by atoms with Gasteiger partial charge < -0.3 is 0 Å². The zero-order chi connectivity index (χ0) is 17.2. The fourth-order valence-electron chi connectivity index (χ4n) is 2.24. The Bertz CT molecular complexity index is 514. The lowest BCUT2D eigenvalue weighted by molar-refractivity contribution is 0.478. The minimum absolute atomic E-state index is 0.0842. The Morgan fingerprint density at radius 3 is 1.86 bits per heavy atom. The highest BCUT2D eigenvalue weighted by Crippen LogP contribution is 2.19. The lowest BCUT2D eigenvalue weighted by atomic mass is 10.1. The normalized spacial score (nSPS) is 11.0. The zero-order valence-corrected chi connectivity index (χ0v) is 15.9. The molecule has 0 saturated heterocycles. The summed E-state index contributed by atoms with van der Waals surface area (Å²) in [7, 11) is -3.72. The lowest BCUT2D eigenvalue weighted by Crippen LogP contribution is -2.03. The van der Waals surface area contributed by atoms with Crippen molar-refractivity contribution in [2.24, 2.45) is 0 Å². The number of rotatable bonds is 7. The van der Waals surface area contributed by atoms with Crippen LogP contribution in [0, 0.1) is 20.8 Å². The third kappa shape index (κ3) is 11.1. The topological polar surface area (TPSA) is 54.4 Å². The first-order valence-electron chi connectivity index (χ1n) is 7.89. The summed E-state index contributed by atoms with van der Waals surface area (Å²) in [5.41, 5.74) is 3.84. The van der Waals surface area contributed by atoms with Crippen LogP contribution in [0.2, 0.25) is 0 Å². The van der Waals surface area contributed by atoms with Crippen molar-refractivity contribution < 1.29 is 13.0 Å². The van der Waals surface area contributed by atoms with Gasteiger partial charge in [0.05, 0.1) is 5.75 Å². The van der Waals surface area contributed by atoms with E-state index in [0.29, 0.717) is 6.42 Å². The molecule has 5 heteroatoms. The molecule has 0 aliphatic carbocycles. The average Bonchev–Trinajstić information content (AvgIpc) is 2.39. The molecule has 22 heavy (non-hydrogen) atoms. The SMILES string of the molecule is CCCCCCCCS(=O)(=O)O.Cc1cc(C)c(S)c(C)c1. The van der Waals surface area contributed by atoms with Crippen LogP contribution in [0.1, 0.15) is 62.1 Å². The summed E-state index contributed by atoms with van der Waals surface area (Å²) in [6, 6.07) is 4.30. The fourth-order valence-corrected chi connectivity index (χ4v) is 2.94. The molecule has 0 saturated carbocycles. The first-order valence-corrected chi connectivity index (χ1v) is 9.95. The van der Waals surface area contributed by atoms with Gasteiger partial charge >= 0.3 is 0 Å². The Morgan fingerprint density at radius 2 is 1.41 bits per heavy atom. The van der Waals surface area contributed by atoms with Crippen molar-refractivity contribution in [3.05, 3.63) is 28.8 Å². The predicted octanol–water partition coefficient (Wildman–Crippen LogP) is 5.14. The minimum Gasteiger partial charge on any atom is -0.286 e. The minimum atomic E-state index is -3.72. The van der Waals surface area contributed by atoms with E-state index in [1.54, 1.807) is 0 Å². The molecule has 1 aromatic rings. The highest BCUT2D eigenvalue weighted by molar-refractivity contribution is 7.85. The molecule has 0 radical (unpaired) electrons. The molecule has 1 aromatic carbocycles.